The SMILES string of the molecule is OC1(CCc2cc(Cl)cc(Br)c2)CC1. The lowest BCUT2D eigenvalue weighted by Gasteiger charge is -2.07. The van der Waals surface area contributed by atoms with Crippen molar-refractivity contribution >= 4 is 27.5 Å². The maximum atomic E-state index is 9.68. The third-order valence-electron chi connectivity index (χ3n) is 2.63. The Morgan fingerprint density at radius 2 is 2.07 bits per heavy atom. The zero-order valence-electron chi connectivity index (χ0n) is 7.76. The molecular formula is C11H12BrClO. The molecule has 1 aliphatic carbocycles. The number of benzene rings is 1. The van der Waals surface area contributed by atoms with Gasteiger partial charge in [0, 0.05) is 9.50 Å². The first-order chi connectivity index (χ1) is 6.57. The van der Waals surface area contributed by atoms with E-state index < -0.39 is 0 Å². The quantitative estimate of drug-likeness (QED) is 0.894. The summed E-state index contributed by atoms with van der Waals surface area (Å²) in [7, 11) is 0. The average molecular weight is 276 g/mol. The molecule has 0 radical (unpaired) electrons. The molecule has 0 bridgehead atoms. The summed E-state index contributed by atoms with van der Waals surface area (Å²) in [6.45, 7) is 0. The Kier molecular flexibility index (Phi) is 2.87. The molecule has 76 valence electrons. The Balaban J connectivity index is 2.01. The number of hydrogen-bond donors (Lipinski definition) is 1. The van der Waals surface area contributed by atoms with Crippen molar-refractivity contribution in [1.29, 1.82) is 0 Å². The minimum absolute atomic E-state index is 0.366. The van der Waals surface area contributed by atoms with E-state index in [0.29, 0.717) is 0 Å². The monoisotopic (exact) mass is 274 g/mol. The van der Waals surface area contributed by atoms with Crippen molar-refractivity contribution in [3.63, 3.8) is 0 Å². The highest BCUT2D eigenvalue weighted by Gasteiger charge is 2.39. The minimum atomic E-state index is -0.366. The smallest absolute Gasteiger partial charge is 0.0653 e. The van der Waals surface area contributed by atoms with Gasteiger partial charge >= 0.3 is 0 Å². The number of rotatable bonds is 3. The summed E-state index contributed by atoms with van der Waals surface area (Å²) in [4.78, 5) is 0. The molecule has 0 aliphatic heterocycles. The van der Waals surface area contributed by atoms with Crippen molar-refractivity contribution in [2.75, 3.05) is 0 Å². The molecule has 0 aromatic heterocycles. The normalized spacial score (nSPS) is 18.2. The molecule has 1 N–H and O–H groups in total. The van der Waals surface area contributed by atoms with Crippen molar-refractivity contribution in [3.05, 3.63) is 33.3 Å². The molecule has 3 heteroatoms. The van der Waals surface area contributed by atoms with E-state index in [-0.39, 0.29) is 5.60 Å². The van der Waals surface area contributed by atoms with Gasteiger partial charge in [0.25, 0.3) is 0 Å². The number of halogens is 2. The standard InChI is InChI=1S/C11H12BrClO/c12-9-5-8(6-10(13)7-9)1-2-11(14)3-4-11/h5-7,14H,1-4H2. The van der Waals surface area contributed by atoms with Crippen molar-refractivity contribution in [2.24, 2.45) is 0 Å². The molecule has 0 amide bonds. The van der Waals surface area contributed by atoms with E-state index >= 15 is 0 Å². The van der Waals surface area contributed by atoms with E-state index in [1.807, 2.05) is 12.1 Å². The third kappa shape index (κ3) is 2.72. The van der Waals surface area contributed by atoms with Gasteiger partial charge in [-0.15, -0.1) is 0 Å². The molecule has 14 heavy (non-hydrogen) atoms. The van der Waals surface area contributed by atoms with Crippen molar-refractivity contribution in [3.8, 4) is 0 Å². The first kappa shape index (κ1) is 10.5. The minimum Gasteiger partial charge on any atom is -0.390 e. The van der Waals surface area contributed by atoms with Gasteiger partial charge in [0.1, 0.15) is 0 Å². The van der Waals surface area contributed by atoms with Crippen LogP contribution in [0, 0.1) is 0 Å². The van der Waals surface area contributed by atoms with Crippen LogP contribution < -0.4 is 0 Å². The van der Waals surface area contributed by atoms with Crippen LogP contribution in [0.1, 0.15) is 24.8 Å². The van der Waals surface area contributed by atoms with Crippen LogP contribution in [0.25, 0.3) is 0 Å². The van der Waals surface area contributed by atoms with Gasteiger partial charge in [0.2, 0.25) is 0 Å². The molecule has 0 saturated heterocycles. The third-order valence-corrected chi connectivity index (χ3v) is 3.30. The van der Waals surface area contributed by atoms with Crippen LogP contribution in [-0.2, 0) is 6.42 Å². The fraction of sp³-hybridized carbons (Fsp3) is 0.455. The van der Waals surface area contributed by atoms with E-state index in [0.717, 1.165) is 35.2 Å². The van der Waals surface area contributed by atoms with E-state index in [2.05, 4.69) is 22.0 Å². The highest BCUT2D eigenvalue weighted by atomic mass is 79.9. The van der Waals surface area contributed by atoms with Gasteiger partial charge in [-0.2, -0.15) is 0 Å². The molecular weight excluding hydrogens is 263 g/mol. The fourth-order valence-electron chi connectivity index (χ4n) is 1.53. The lowest BCUT2D eigenvalue weighted by molar-refractivity contribution is 0.140. The Bertz CT molecular complexity index is 327. The molecule has 1 fully saturated rings. The molecule has 0 heterocycles. The molecule has 1 aliphatic rings. The second kappa shape index (κ2) is 3.84. The van der Waals surface area contributed by atoms with Gasteiger partial charge in [0.05, 0.1) is 5.60 Å². The summed E-state index contributed by atoms with van der Waals surface area (Å²) in [5.41, 5.74) is 0.819. The van der Waals surface area contributed by atoms with Gasteiger partial charge < -0.3 is 5.11 Å². The van der Waals surface area contributed by atoms with Crippen molar-refractivity contribution in [2.45, 2.75) is 31.3 Å². The van der Waals surface area contributed by atoms with Crippen LogP contribution in [0.15, 0.2) is 22.7 Å². The molecule has 0 atom stereocenters. The highest BCUT2D eigenvalue weighted by Crippen LogP contribution is 2.39. The first-order valence-corrected chi connectivity index (χ1v) is 5.92. The van der Waals surface area contributed by atoms with Crippen LogP contribution in [0.3, 0.4) is 0 Å². The van der Waals surface area contributed by atoms with E-state index in [9.17, 15) is 5.11 Å². The van der Waals surface area contributed by atoms with Crippen LogP contribution in [0.4, 0.5) is 0 Å². The summed E-state index contributed by atoms with van der Waals surface area (Å²) in [5, 5.41) is 10.4. The summed E-state index contributed by atoms with van der Waals surface area (Å²) in [6, 6.07) is 5.88. The van der Waals surface area contributed by atoms with Crippen LogP contribution in [0.5, 0.6) is 0 Å². The van der Waals surface area contributed by atoms with Crippen molar-refractivity contribution in [1.82, 2.24) is 0 Å². The highest BCUT2D eigenvalue weighted by molar-refractivity contribution is 9.10. The predicted octanol–water partition coefficient (Wildman–Crippen LogP) is 3.56. The maximum absolute atomic E-state index is 9.68. The molecule has 2 rings (SSSR count). The van der Waals surface area contributed by atoms with Gasteiger partial charge in [-0.1, -0.05) is 27.5 Å². The molecule has 1 aromatic carbocycles. The molecule has 0 unspecified atom stereocenters. The van der Waals surface area contributed by atoms with Gasteiger partial charge in [-0.3, -0.25) is 0 Å². The number of hydrogen-bond acceptors (Lipinski definition) is 1. The number of aryl methyl sites for hydroxylation is 1. The number of aliphatic hydroxyl groups is 1. The zero-order chi connectivity index (χ0) is 10.2. The summed E-state index contributed by atoms with van der Waals surface area (Å²) < 4.78 is 1.00. The van der Waals surface area contributed by atoms with E-state index in [1.165, 1.54) is 5.56 Å². The van der Waals surface area contributed by atoms with Crippen LogP contribution in [-0.4, -0.2) is 10.7 Å². The average Bonchev–Trinajstić information content (AvgIpc) is 2.80. The Morgan fingerprint density at radius 3 is 2.64 bits per heavy atom. The lowest BCUT2D eigenvalue weighted by Crippen LogP contribution is -2.07. The van der Waals surface area contributed by atoms with Gasteiger partial charge in [-0.25, -0.2) is 0 Å². The molecule has 0 spiro atoms. The first-order valence-electron chi connectivity index (χ1n) is 4.75. The molecule has 1 saturated carbocycles. The van der Waals surface area contributed by atoms with Gasteiger partial charge in [-0.05, 0) is 49.4 Å². The van der Waals surface area contributed by atoms with Crippen LogP contribution in [0.2, 0.25) is 5.02 Å². The Labute approximate surface area is 97.2 Å². The Morgan fingerprint density at radius 1 is 1.36 bits per heavy atom. The van der Waals surface area contributed by atoms with E-state index in [1.54, 1.807) is 0 Å². The van der Waals surface area contributed by atoms with Crippen molar-refractivity contribution < 1.29 is 5.11 Å². The van der Waals surface area contributed by atoms with E-state index in [4.69, 9.17) is 11.6 Å². The lowest BCUT2D eigenvalue weighted by atomic mass is 10.1. The van der Waals surface area contributed by atoms with Gasteiger partial charge in [0.15, 0.2) is 0 Å². The summed E-state index contributed by atoms with van der Waals surface area (Å²) in [5.74, 6) is 0. The fourth-order valence-corrected chi connectivity index (χ4v) is 2.46. The zero-order valence-corrected chi connectivity index (χ0v) is 10.1. The second-order valence-electron chi connectivity index (χ2n) is 4.00. The summed E-state index contributed by atoms with van der Waals surface area (Å²) >= 11 is 9.33. The second-order valence-corrected chi connectivity index (χ2v) is 5.35. The predicted molar refractivity (Wildman–Crippen MR) is 61.7 cm³/mol. The molecule has 1 aromatic rings. The Hall–Kier alpha value is -0.0500. The largest absolute Gasteiger partial charge is 0.390 e. The van der Waals surface area contributed by atoms with Crippen LogP contribution >= 0.6 is 27.5 Å². The summed E-state index contributed by atoms with van der Waals surface area (Å²) in [6.07, 6.45) is 3.65. The molecule has 1 nitrogen and oxygen atoms in total. The topological polar surface area (TPSA) is 20.2 Å². The maximum Gasteiger partial charge on any atom is 0.0653 e.